The monoisotopic (exact) mass is 193 g/mol. The Morgan fingerprint density at radius 2 is 2.36 bits per heavy atom. The lowest BCUT2D eigenvalue weighted by atomic mass is 9.75. The second kappa shape index (κ2) is 3.73. The van der Waals surface area contributed by atoms with Crippen LogP contribution in [0.2, 0.25) is 0 Å². The van der Waals surface area contributed by atoms with Gasteiger partial charge in [0.05, 0.1) is 12.0 Å². The highest BCUT2D eigenvalue weighted by Crippen LogP contribution is 2.34. The van der Waals surface area contributed by atoms with E-state index in [0.717, 1.165) is 12.2 Å². The van der Waals surface area contributed by atoms with Gasteiger partial charge in [-0.1, -0.05) is 6.92 Å². The molecule has 0 aliphatic heterocycles. The molecule has 78 valence electrons. The van der Waals surface area contributed by atoms with Crippen LogP contribution in [0.25, 0.3) is 0 Å². The van der Waals surface area contributed by atoms with Crippen LogP contribution in [0.15, 0.2) is 6.33 Å². The van der Waals surface area contributed by atoms with Crippen LogP contribution in [0.3, 0.4) is 0 Å². The van der Waals surface area contributed by atoms with E-state index in [0.29, 0.717) is 5.54 Å². The number of imidazole rings is 1. The van der Waals surface area contributed by atoms with Crippen LogP contribution in [0, 0.1) is 6.92 Å². The van der Waals surface area contributed by atoms with Crippen LogP contribution in [0.1, 0.15) is 44.0 Å². The second-order valence-electron chi connectivity index (χ2n) is 4.32. The fourth-order valence-corrected chi connectivity index (χ4v) is 2.10. The minimum absolute atomic E-state index is 0.422. The van der Waals surface area contributed by atoms with Crippen LogP contribution < -0.4 is 5.32 Å². The van der Waals surface area contributed by atoms with Crippen molar-refractivity contribution in [2.45, 2.75) is 51.6 Å². The zero-order valence-corrected chi connectivity index (χ0v) is 9.06. The maximum absolute atomic E-state index is 4.29. The third kappa shape index (κ3) is 1.69. The van der Waals surface area contributed by atoms with Gasteiger partial charge in [-0.2, -0.15) is 0 Å². The van der Waals surface area contributed by atoms with E-state index in [9.17, 15) is 0 Å². The van der Waals surface area contributed by atoms with Gasteiger partial charge in [0.2, 0.25) is 0 Å². The molecule has 3 heteroatoms. The first kappa shape index (κ1) is 9.71. The lowest BCUT2D eigenvalue weighted by Gasteiger charge is -2.42. The molecule has 14 heavy (non-hydrogen) atoms. The van der Waals surface area contributed by atoms with Gasteiger partial charge in [0.15, 0.2) is 0 Å². The highest BCUT2D eigenvalue weighted by molar-refractivity contribution is 5.09. The fraction of sp³-hybridized carbons (Fsp3) is 0.727. The maximum atomic E-state index is 4.29. The normalized spacial score (nSPS) is 19.3. The Balaban J connectivity index is 1.90. The summed E-state index contributed by atoms with van der Waals surface area (Å²) in [5.74, 6) is 0. The number of nitrogens with one attached hydrogen (secondary N) is 2. The van der Waals surface area contributed by atoms with Crippen LogP contribution >= 0.6 is 0 Å². The second-order valence-corrected chi connectivity index (χ2v) is 4.32. The Kier molecular flexibility index (Phi) is 2.59. The van der Waals surface area contributed by atoms with Crippen LogP contribution in [-0.4, -0.2) is 15.5 Å². The van der Waals surface area contributed by atoms with Crippen LogP contribution in [0.4, 0.5) is 0 Å². The van der Waals surface area contributed by atoms with Crippen molar-refractivity contribution < 1.29 is 0 Å². The van der Waals surface area contributed by atoms with Gasteiger partial charge in [0.1, 0.15) is 0 Å². The molecule has 0 radical (unpaired) electrons. The topological polar surface area (TPSA) is 40.7 Å². The molecule has 0 spiro atoms. The predicted molar refractivity (Wildman–Crippen MR) is 57.0 cm³/mol. The number of rotatable bonds is 4. The average Bonchev–Trinajstić information content (AvgIpc) is 2.51. The van der Waals surface area contributed by atoms with Crippen molar-refractivity contribution in [2.24, 2.45) is 0 Å². The maximum Gasteiger partial charge on any atom is 0.0925 e. The lowest BCUT2D eigenvalue weighted by Crippen LogP contribution is -2.50. The van der Waals surface area contributed by atoms with E-state index in [1.54, 1.807) is 6.33 Å². The number of aryl methyl sites for hydroxylation is 1. The molecule has 1 aliphatic carbocycles. The number of hydrogen-bond donors (Lipinski definition) is 2. The third-order valence-corrected chi connectivity index (χ3v) is 3.55. The first-order valence-electron chi connectivity index (χ1n) is 5.50. The van der Waals surface area contributed by atoms with Crippen molar-refractivity contribution in [1.82, 2.24) is 15.3 Å². The molecular weight excluding hydrogens is 174 g/mol. The summed E-state index contributed by atoms with van der Waals surface area (Å²) in [6, 6.07) is 0. The van der Waals surface area contributed by atoms with Crippen molar-refractivity contribution in [3.63, 3.8) is 0 Å². The molecule has 1 saturated carbocycles. The summed E-state index contributed by atoms with van der Waals surface area (Å²) in [6.07, 6.45) is 7.03. The Labute approximate surface area is 85.3 Å². The summed E-state index contributed by atoms with van der Waals surface area (Å²) in [5.41, 5.74) is 2.76. The highest BCUT2D eigenvalue weighted by Gasteiger charge is 2.34. The van der Waals surface area contributed by atoms with Crippen molar-refractivity contribution in [2.75, 3.05) is 0 Å². The Morgan fingerprint density at radius 1 is 1.57 bits per heavy atom. The van der Waals surface area contributed by atoms with E-state index < -0.39 is 0 Å². The third-order valence-electron chi connectivity index (χ3n) is 3.55. The SMILES string of the molecule is CCC1(NCc2nc[nH]c2C)CCC1. The van der Waals surface area contributed by atoms with Gasteiger partial charge in [0, 0.05) is 17.8 Å². The van der Waals surface area contributed by atoms with Crippen LogP contribution in [0.5, 0.6) is 0 Å². The van der Waals surface area contributed by atoms with E-state index in [-0.39, 0.29) is 0 Å². The van der Waals surface area contributed by atoms with E-state index in [4.69, 9.17) is 0 Å². The molecule has 0 saturated heterocycles. The smallest absolute Gasteiger partial charge is 0.0925 e. The molecule has 1 aromatic heterocycles. The minimum atomic E-state index is 0.422. The van der Waals surface area contributed by atoms with Crippen molar-refractivity contribution in [3.8, 4) is 0 Å². The first-order chi connectivity index (χ1) is 6.76. The van der Waals surface area contributed by atoms with Gasteiger partial charge in [-0.25, -0.2) is 4.98 Å². The molecule has 2 N–H and O–H groups in total. The Bertz CT molecular complexity index is 294. The Hall–Kier alpha value is -0.830. The highest BCUT2D eigenvalue weighted by atomic mass is 15.0. The number of H-pyrrole nitrogens is 1. The molecule has 1 aromatic rings. The molecule has 0 amide bonds. The predicted octanol–water partition coefficient (Wildman–Crippen LogP) is 2.14. The Morgan fingerprint density at radius 3 is 2.79 bits per heavy atom. The summed E-state index contributed by atoms with van der Waals surface area (Å²) in [7, 11) is 0. The zero-order valence-electron chi connectivity index (χ0n) is 9.06. The molecule has 1 heterocycles. The number of hydrogen-bond acceptors (Lipinski definition) is 2. The standard InChI is InChI=1S/C11H19N3/c1-3-11(5-4-6-11)14-7-10-9(2)12-8-13-10/h8,14H,3-7H2,1-2H3,(H,12,13). The van der Waals surface area contributed by atoms with Gasteiger partial charge in [-0.3, -0.25) is 0 Å². The number of nitrogens with zero attached hydrogens (tertiary/aromatic N) is 1. The van der Waals surface area contributed by atoms with E-state index in [1.807, 2.05) is 0 Å². The van der Waals surface area contributed by atoms with Gasteiger partial charge < -0.3 is 10.3 Å². The number of aromatic amines is 1. The van der Waals surface area contributed by atoms with Crippen molar-refractivity contribution in [3.05, 3.63) is 17.7 Å². The summed E-state index contributed by atoms with van der Waals surface area (Å²) in [4.78, 5) is 7.40. The molecule has 0 unspecified atom stereocenters. The summed E-state index contributed by atoms with van der Waals surface area (Å²) < 4.78 is 0. The molecule has 2 rings (SSSR count). The van der Waals surface area contributed by atoms with Crippen molar-refractivity contribution >= 4 is 0 Å². The largest absolute Gasteiger partial charge is 0.348 e. The fourth-order valence-electron chi connectivity index (χ4n) is 2.10. The number of aromatic nitrogens is 2. The molecule has 0 aromatic carbocycles. The molecule has 1 fully saturated rings. The summed E-state index contributed by atoms with van der Waals surface area (Å²) in [5, 5.41) is 3.64. The zero-order chi connectivity index (χ0) is 10.0. The lowest BCUT2D eigenvalue weighted by molar-refractivity contribution is 0.175. The molecule has 0 bridgehead atoms. The molecular formula is C11H19N3. The summed E-state index contributed by atoms with van der Waals surface area (Å²) >= 11 is 0. The van der Waals surface area contributed by atoms with Gasteiger partial charge in [0.25, 0.3) is 0 Å². The molecule has 0 atom stereocenters. The van der Waals surface area contributed by atoms with Crippen LogP contribution in [-0.2, 0) is 6.54 Å². The first-order valence-corrected chi connectivity index (χ1v) is 5.50. The van der Waals surface area contributed by atoms with E-state index in [1.165, 1.54) is 31.4 Å². The average molecular weight is 193 g/mol. The molecule has 3 nitrogen and oxygen atoms in total. The van der Waals surface area contributed by atoms with Gasteiger partial charge in [-0.05, 0) is 32.6 Å². The van der Waals surface area contributed by atoms with E-state index >= 15 is 0 Å². The van der Waals surface area contributed by atoms with Crippen molar-refractivity contribution in [1.29, 1.82) is 0 Å². The summed E-state index contributed by atoms with van der Waals surface area (Å²) in [6.45, 7) is 5.25. The van der Waals surface area contributed by atoms with Gasteiger partial charge >= 0.3 is 0 Å². The van der Waals surface area contributed by atoms with Gasteiger partial charge in [-0.15, -0.1) is 0 Å². The molecule has 1 aliphatic rings. The van der Waals surface area contributed by atoms with E-state index in [2.05, 4.69) is 29.1 Å². The quantitative estimate of drug-likeness (QED) is 0.769. The minimum Gasteiger partial charge on any atom is -0.348 e.